The number of fused-ring (bicyclic) bond motifs is 2. The Labute approximate surface area is 254 Å². The fourth-order valence-corrected chi connectivity index (χ4v) is 5.95. The fraction of sp³-hybridized carbons (Fsp3) is 0.167. The molecular weight excluding hydrogens is 718 g/mol. The van der Waals surface area contributed by atoms with Crippen LogP contribution >= 0.6 is 45.2 Å². The third-order valence-electron chi connectivity index (χ3n) is 6.29. The summed E-state index contributed by atoms with van der Waals surface area (Å²) in [5.41, 5.74) is 10.7. The van der Waals surface area contributed by atoms with Gasteiger partial charge in [0.1, 0.15) is 0 Å². The van der Waals surface area contributed by atoms with Crippen molar-refractivity contribution in [1.82, 2.24) is 9.97 Å². The molecule has 0 spiro atoms. The van der Waals surface area contributed by atoms with Crippen molar-refractivity contribution in [3.63, 3.8) is 0 Å². The topological polar surface area (TPSA) is 107 Å². The van der Waals surface area contributed by atoms with Gasteiger partial charge in [0.25, 0.3) is 5.91 Å². The minimum absolute atomic E-state index is 0.0363. The van der Waals surface area contributed by atoms with Gasteiger partial charge < -0.3 is 20.6 Å². The van der Waals surface area contributed by atoms with Crippen molar-refractivity contribution in [2.45, 2.75) is 34.1 Å². The van der Waals surface area contributed by atoms with Crippen molar-refractivity contribution >= 4 is 86.3 Å². The van der Waals surface area contributed by atoms with E-state index in [0.717, 1.165) is 66.1 Å². The number of rotatable bonds is 2. The summed E-state index contributed by atoms with van der Waals surface area (Å²) in [6.07, 6.45) is 3.31. The Morgan fingerprint density at radius 3 is 1.90 bits per heavy atom. The highest BCUT2D eigenvalue weighted by atomic mass is 127. The Balaban J connectivity index is 0.000000149. The zero-order valence-corrected chi connectivity index (χ0v) is 26.3. The Morgan fingerprint density at radius 1 is 0.769 bits per heavy atom. The maximum absolute atomic E-state index is 12.1. The van der Waals surface area contributed by atoms with Crippen LogP contribution in [0.3, 0.4) is 0 Å². The summed E-state index contributed by atoms with van der Waals surface area (Å²) < 4.78 is 2.25. The third-order valence-corrected chi connectivity index (χ3v) is 8.20. The number of carbonyl (C=O) groups excluding carboxylic acids is 3. The lowest BCUT2D eigenvalue weighted by Gasteiger charge is -2.01. The Bertz CT molecular complexity index is 1610. The van der Waals surface area contributed by atoms with Gasteiger partial charge in [0, 0.05) is 35.5 Å². The number of hydrogen-bond acceptors (Lipinski definition) is 3. The Morgan fingerprint density at radius 2 is 1.36 bits per heavy atom. The molecule has 7 nitrogen and oxygen atoms in total. The van der Waals surface area contributed by atoms with Gasteiger partial charge in [-0.2, -0.15) is 0 Å². The van der Waals surface area contributed by atoms with Crippen LogP contribution in [-0.4, -0.2) is 28.1 Å². The monoisotopic (exact) mass is 746 g/mol. The molecule has 0 radical (unpaired) electrons. The van der Waals surface area contributed by atoms with Crippen LogP contribution in [0.1, 0.15) is 49.8 Å². The normalized spacial score (nSPS) is 13.9. The molecule has 200 valence electrons. The fourth-order valence-electron chi connectivity index (χ4n) is 4.47. The van der Waals surface area contributed by atoms with E-state index >= 15 is 0 Å². The van der Waals surface area contributed by atoms with Crippen LogP contribution in [0, 0.1) is 34.8 Å². The quantitative estimate of drug-likeness (QED) is 0.101. The molecule has 2 amide bonds. The predicted molar refractivity (Wildman–Crippen MR) is 173 cm³/mol. The van der Waals surface area contributed by atoms with Gasteiger partial charge in [-0.25, -0.2) is 0 Å². The molecule has 0 saturated heterocycles. The minimum Gasteiger partial charge on any atom is -0.359 e. The van der Waals surface area contributed by atoms with E-state index in [0.29, 0.717) is 12.1 Å². The minimum atomic E-state index is -0.0363. The molecule has 2 aliphatic rings. The summed E-state index contributed by atoms with van der Waals surface area (Å²) in [6.45, 7) is 7.90. The van der Waals surface area contributed by atoms with E-state index in [-0.39, 0.29) is 11.8 Å². The van der Waals surface area contributed by atoms with Crippen molar-refractivity contribution in [2.24, 2.45) is 0 Å². The molecule has 2 aliphatic heterocycles. The summed E-state index contributed by atoms with van der Waals surface area (Å²) in [5.74, 6) is 0.0647. The van der Waals surface area contributed by atoms with E-state index in [9.17, 15) is 14.4 Å². The smallest absolute Gasteiger partial charge is 0.256 e. The van der Waals surface area contributed by atoms with Gasteiger partial charge in [0.05, 0.1) is 23.4 Å². The SMILES string of the molecule is Cc1cc(C)c(/C=C2\C(=O)Nc3cccc(I)c32)[nH]1.Cc1cc(C)c(C=O)[nH]1.O=C1Cc2c(I)cccc2N1. The number of anilines is 2. The van der Waals surface area contributed by atoms with E-state index in [1.165, 1.54) is 3.57 Å². The molecule has 0 aliphatic carbocycles. The van der Waals surface area contributed by atoms with Crippen LogP contribution in [0.4, 0.5) is 11.4 Å². The average Bonchev–Trinajstić information content (AvgIpc) is 3.60. The number of halogens is 2. The molecule has 9 heteroatoms. The summed E-state index contributed by atoms with van der Waals surface area (Å²) in [6, 6.07) is 15.8. The molecule has 39 heavy (non-hydrogen) atoms. The molecule has 6 rings (SSSR count). The maximum atomic E-state index is 12.1. The molecule has 0 unspecified atom stereocenters. The van der Waals surface area contributed by atoms with Crippen molar-refractivity contribution in [3.05, 3.63) is 101 Å². The lowest BCUT2D eigenvalue weighted by Crippen LogP contribution is -2.03. The lowest BCUT2D eigenvalue weighted by molar-refractivity contribution is -0.115. The van der Waals surface area contributed by atoms with E-state index in [1.54, 1.807) is 0 Å². The first-order chi connectivity index (χ1) is 18.6. The second kappa shape index (κ2) is 12.3. The number of aldehydes is 1. The van der Waals surface area contributed by atoms with Crippen molar-refractivity contribution in [1.29, 1.82) is 0 Å². The van der Waals surface area contributed by atoms with Gasteiger partial charge in [-0.05, 0) is 132 Å². The van der Waals surface area contributed by atoms with Crippen LogP contribution in [0.25, 0.3) is 11.6 Å². The highest BCUT2D eigenvalue weighted by Crippen LogP contribution is 2.36. The van der Waals surface area contributed by atoms with E-state index in [2.05, 4.69) is 71.8 Å². The van der Waals surface area contributed by atoms with E-state index in [4.69, 9.17) is 0 Å². The number of aryl methyl sites for hydroxylation is 4. The number of H-pyrrole nitrogens is 2. The standard InChI is InChI=1S/C15H13IN2O.C8H6INO.C7H9NO/c1-8-6-9(2)17-13(8)7-10-14-11(16)4-3-5-12(14)18-15(10)19;9-6-2-1-3-7-5(6)4-8(11)10-7;1-5-3-6(2)8-7(5)4-9/h3-7,17H,1-2H3,(H,18,19);1-3H,4H2,(H,10,11);3-4,8H,1-2H3/b10-7-;;. The Kier molecular flexibility index (Phi) is 9.11. The zero-order chi connectivity index (χ0) is 28.3. The predicted octanol–water partition coefficient (Wildman–Crippen LogP) is 6.96. The number of nitrogens with one attached hydrogen (secondary N) is 4. The summed E-state index contributed by atoms with van der Waals surface area (Å²) in [5, 5.41) is 5.70. The van der Waals surface area contributed by atoms with Gasteiger partial charge in [-0.3, -0.25) is 14.4 Å². The van der Waals surface area contributed by atoms with Crippen LogP contribution in [0.5, 0.6) is 0 Å². The Hall–Kier alpha value is -3.19. The number of aromatic nitrogens is 2. The van der Waals surface area contributed by atoms with Gasteiger partial charge in [-0.15, -0.1) is 0 Å². The largest absolute Gasteiger partial charge is 0.359 e. The first-order valence-electron chi connectivity index (χ1n) is 12.2. The molecule has 2 aromatic heterocycles. The van der Waals surface area contributed by atoms with Gasteiger partial charge in [0.2, 0.25) is 5.91 Å². The molecule has 4 N–H and O–H groups in total. The lowest BCUT2D eigenvalue weighted by atomic mass is 10.1. The third kappa shape index (κ3) is 6.70. The molecule has 0 saturated carbocycles. The summed E-state index contributed by atoms with van der Waals surface area (Å²) in [7, 11) is 0. The van der Waals surface area contributed by atoms with Crippen LogP contribution in [0.15, 0.2) is 48.5 Å². The molecule has 4 heterocycles. The average molecular weight is 746 g/mol. The zero-order valence-electron chi connectivity index (χ0n) is 22.0. The second-order valence-corrected chi connectivity index (χ2v) is 11.7. The molecule has 0 fully saturated rings. The van der Waals surface area contributed by atoms with E-state index in [1.807, 2.05) is 76.2 Å². The maximum Gasteiger partial charge on any atom is 0.256 e. The number of amides is 2. The molecular formula is C30H28I2N4O3. The van der Waals surface area contributed by atoms with Crippen molar-refractivity contribution in [3.8, 4) is 0 Å². The number of carbonyl (C=O) groups is 3. The summed E-state index contributed by atoms with van der Waals surface area (Å²) >= 11 is 4.51. The van der Waals surface area contributed by atoms with Crippen LogP contribution in [-0.2, 0) is 16.0 Å². The highest BCUT2D eigenvalue weighted by molar-refractivity contribution is 14.1. The highest BCUT2D eigenvalue weighted by Gasteiger charge is 2.26. The molecule has 0 atom stereocenters. The number of benzene rings is 2. The van der Waals surface area contributed by atoms with E-state index < -0.39 is 0 Å². The first kappa shape index (κ1) is 28.8. The van der Waals surface area contributed by atoms with Crippen LogP contribution in [0.2, 0.25) is 0 Å². The molecule has 2 aromatic carbocycles. The molecule has 4 aromatic rings. The van der Waals surface area contributed by atoms with Crippen molar-refractivity contribution in [2.75, 3.05) is 10.6 Å². The number of aromatic amines is 2. The second-order valence-electron chi connectivity index (χ2n) is 9.38. The van der Waals surface area contributed by atoms with Crippen LogP contribution < -0.4 is 10.6 Å². The molecule has 0 bridgehead atoms. The summed E-state index contributed by atoms with van der Waals surface area (Å²) in [4.78, 5) is 39.5. The van der Waals surface area contributed by atoms with Crippen molar-refractivity contribution < 1.29 is 14.4 Å². The van der Waals surface area contributed by atoms with Gasteiger partial charge in [-0.1, -0.05) is 12.1 Å². The first-order valence-corrected chi connectivity index (χ1v) is 14.4. The number of hydrogen-bond donors (Lipinski definition) is 4. The van der Waals surface area contributed by atoms with Gasteiger partial charge in [0.15, 0.2) is 6.29 Å². The van der Waals surface area contributed by atoms with Gasteiger partial charge >= 0.3 is 0 Å².